The Hall–Kier alpha value is -0.160. The molecular formula is C38H68O6P2. The third kappa shape index (κ3) is 13.6. The number of aryl methyl sites for hydroxylation is 1. The van der Waals surface area contributed by atoms with Crippen molar-refractivity contribution in [3.8, 4) is 0 Å². The van der Waals surface area contributed by atoms with E-state index in [9.17, 15) is 4.89 Å². The summed E-state index contributed by atoms with van der Waals surface area (Å²) in [6, 6.07) is 4.73. The molecule has 2 aliphatic heterocycles. The van der Waals surface area contributed by atoms with Crippen molar-refractivity contribution in [1.82, 2.24) is 0 Å². The van der Waals surface area contributed by atoms with Crippen molar-refractivity contribution < 1.29 is 27.5 Å². The first-order valence-corrected chi connectivity index (χ1v) is 20.7. The van der Waals surface area contributed by atoms with Crippen LogP contribution in [0.2, 0.25) is 0 Å². The molecule has 0 bridgehead atoms. The molecule has 3 rings (SSSR count). The SMILES string of the molecule is CCCCCCCCCCCCCCCCCC(OP1OCC2(COP(O)OC2)CO1)c1c(C(C)(C)C)cc(C)cc1C(C)(C)C. The first-order valence-electron chi connectivity index (χ1n) is 18.5. The number of hydrogen-bond donors (Lipinski definition) is 1. The zero-order chi connectivity index (χ0) is 33.6. The second kappa shape index (κ2) is 19.9. The van der Waals surface area contributed by atoms with E-state index in [1.807, 2.05) is 0 Å². The summed E-state index contributed by atoms with van der Waals surface area (Å²) < 4.78 is 30.2. The highest BCUT2D eigenvalue weighted by atomic mass is 31.2. The summed E-state index contributed by atoms with van der Waals surface area (Å²) in [6.45, 7) is 20.0. The van der Waals surface area contributed by atoms with E-state index in [4.69, 9.17) is 22.6 Å². The summed E-state index contributed by atoms with van der Waals surface area (Å²) in [4.78, 5) is 9.67. The van der Waals surface area contributed by atoms with Crippen LogP contribution in [0.25, 0.3) is 0 Å². The van der Waals surface area contributed by atoms with Gasteiger partial charge in [-0.05, 0) is 40.9 Å². The van der Waals surface area contributed by atoms with E-state index in [0.29, 0.717) is 26.4 Å². The van der Waals surface area contributed by atoms with Crippen molar-refractivity contribution in [2.45, 2.75) is 175 Å². The van der Waals surface area contributed by atoms with Gasteiger partial charge < -0.3 is 27.5 Å². The Kier molecular flexibility index (Phi) is 17.4. The minimum Gasteiger partial charge on any atom is -0.328 e. The van der Waals surface area contributed by atoms with Crippen molar-refractivity contribution in [2.24, 2.45) is 5.41 Å². The minimum absolute atomic E-state index is 0.0248. The average molecular weight is 683 g/mol. The lowest BCUT2D eigenvalue weighted by molar-refractivity contribution is -0.0765. The average Bonchev–Trinajstić information content (AvgIpc) is 3.00. The molecule has 1 atom stereocenters. The van der Waals surface area contributed by atoms with Crippen LogP contribution in [0.5, 0.6) is 0 Å². The van der Waals surface area contributed by atoms with E-state index in [0.717, 1.165) is 12.8 Å². The van der Waals surface area contributed by atoms with Crippen LogP contribution in [0.3, 0.4) is 0 Å². The summed E-state index contributed by atoms with van der Waals surface area (Å²) in [7, 11) is -3.30. The Bertz CT molecular complexity index is 951. The topological polar surface area (TPSA) is 66.4 Å². The van der Waals surface area contributed by atoms with Crippen LogP contribution >= 0.6 is 17.2 Å². The van der Waals surface area contributed by atoms with Gasteiger partial charge in [0.05, 0.1) is 37.9 Å². The standard InChI is InChI=1S/C38H68O6P2/c1-9-10-11-12-13-14-15-16-17-18-19-20-21-22-23-24-34(44-46-42-29-38(30-43-46)27-40-45(39)41-28-38)35-32(36(3,4)5)25-31(2)26-33(35)37(6,7)8/h25-26,34,39H,9-24,27-30H2,1-8H3. The lowest BCUT2D eigenvalue weighted by atomic mass is 9.73. The van der Waals surface area contributed by atoms with Gasteiger partial charge in [-0.3, -0.25) is 0 Å². The molecule has 1 aromatic rings. The Morgan fingerprint density at radius 3 is 1.48 bits per heavy atom. The molecule has 2 aliphatic rings. The molecule has 1 N–H and O–H groups in total. The molecule has 1 aromatic carbocycles. The predicted octanol–water partition coefficient (Wildman–Crippen LogP) is 12.4. The van der Waals surface area contributed by atoms with E-state index in [-0.39, 0.29) is 22.3 Å². The molecule has 0 radical (unpaired) electrons. The van der Waals surface area contributed by atoms with Gasteiger partial charge in [-0.25, -0.2) is 0 Å². The van der Waals surface area contributed by atoms with Crippen LogP contribution in [0, 0.1) is 12.3 Å². The second-order valence-electron chi connectivity index (χ2n) is 16.2. The molecule has 266 valence electrons. The number of unbranched alkanes of at least 4 members (excludes halogenated alkanes) is 14. The van der Waals surface area contributed by atoms with E-state index < -0.39 is 17.2 Å². The van der Waals surface area contributed by atoms with Crippen LogP contribution in [0.4, 0.5) is 0 Å². The van der Waals surface area contributed by atoms with Gasteiger partial charge in [0.25, 0.3) is 0 Å². The molecule has 8 heteroatoms. The third-order valence-corrected chi connectivity index (χ3v) is 11.3. The fourth-order valence-electron chi connectivity index (χ4n) is 6.59. The molecular weight excluding hydrogens is 614 g/mol. The first-order chi connectivity index (χ1) is 21.8. The lowest BCUT2D eigenvalue weighted by Crippen LogP contribution is -2.44. The van der Waals surface area contributed by atoms with Crippen molar-refractivity contribution in [3.05, 3.63) is 34.4 Å². The molecule has 0 amide bonds. The summed E-state index contributed by atoms with van der Waals surface area (Å²) in [5, 5.41) is 0. The van der Waals surface area contributed by atoms with Crippen LogP contribution in [0.1, 0.15) is 180 Å². The highest BCUT2D eigenvalue weighted by molar-refractivity contribution is 7.41. The van der Waals surface area contributed by atoms with Crippen LogP contribution in [-0.4, -0.2) is 31.3 Å². The normalized spacial score (nSPS) is 23.2. The van der Waals surface area contributed by atoms with Gasteiger partial charge in [-0.2, -0.15) is 0 Å². The maximum atomic E-state index is 9.67. The smallest absolute Gasteiger partial charge is 0.328 e. The predicted molar refractivity (Wildman–Crippen MR) is 194 cm³/mol. The maximum absolute atomic E-state index is 9.67. The van der Waals surface area contributed by atoms with Crippen LogP contribution in [0.15, 0.2) is 12.1 Å². The quantitative estimate of drug-likeness (QED) is 0.116. The molecule has 2 fully saturated rings. The Balaban J connectivity index is 1.57. The molecule has 6 nitrogen and oxygen atoms in total. The lowest BCUT2D eigenvalue weighted by Gasteiger charge is -2.42. The molecule has 2 saturated heterocycles. The van der Waals surface area contributed by atoms with Crippen molar-refractivity contribution in [1.29, 1.82) is 0 Å². The summed E-state index contributed by atoms with van der Waals surface area (Å²) in [5.74, 6) is 0. The molecule has 1 unspecified atom stereocenters. The zero-order valence-electron chi connectivity index (χ0n) is 30.8. The molecule has 0 aromatic heterocycles. The molecule has 0 aliphatic carbocycles. The number of benzene rings is 1. The van der Waals surface area contributed by atoms with Gasteiger partial charge in [0, 0.05) is 0 Å². The van der Waals surface area contributed by atoms with Gasteiger partial charge in [0.1, 0.15) is 0 Å². The van der Waals surface area contributed by atoms with Crippen LogP contribution < -0.4 is 0 Å². The van der Waals surface area contributed by atoms with E-state index in [1.54, 1.807) is 0 Å². The molecule has 0 saturated carbocycles. The molecule has 1 spiro atoms. The van der Waals surface area contributed by atoms with Crippen molar-refractivity contribution in [2.75, 3.05) is 26.4 Å². The van der Waals surface area contributed by atoms with E-state index in [1.165, 1.54) is 112 Å². The van der Waals surface area contributed by atoms with Gasteiger partial charge in [0.2, 0.25) is 0 Å². The maximum Gasteiger partial charge on any atom is 0.333 e. The minimum atomic E-state index is -1.79. The highest BCUT2D eigenvalue weighted by Gasteiger charge is 2.44. The van der Waals surface area contributed by atoms with Gasteiger partial charge in [-0.1, -0.05) is 162 Å². The van der Waals surface area contributed by atoms with Crippen molar-refractivity contribution in [3.63, 3.8) is 0 Å². The Labute approximate surface area is 285 Å². The number of hydrogen-bond acceptors (Lipinski definition) is 6. The number of rotatable bonds is 19. The largest absolute Gasteiger partial charge is 0.333 e. The summed E-state index contributed by atoms with van der Waals surface area (Å²) in [6.07, 6.45) is 21.2. The van der Waals surface area contributed by atoms with Crippen LogP contribution in [-0.2, 0) is 33.4 Å². The third-order valence-electron chi connectivity index (χ3n) is 9.46. The van der Waals surface area contributed by atoms with Gasteiger partial charge >= 0.3 is 17.2 Å². The summed E-state index contributed by atoms with van der Waals surface area (Å²) >= 11 is 0. The fourth-order valence-corrected chi connectivity index (χ4v) is 8.81. The molecule has 46 heavy (non-hydrogen) atoms. The van der Waals surface area contributed by atoms with E-state index >= 15 is 0 Å². The van der Waals surface area contributed by atoms with Gasteiger partial charge in [0.15, 0.2) is 0 Å². The first kappa shape index (κ1) is 40.3. The van der Waals surface area contributed by atoms with Crippen molar-refractivity contribution >= 4 is 17.2 Å². The monoisotopic (exact) mass is 682 g/mol. The van der Waals surface area contributed by atoms with Gasteiger partial charge in [-0.15, -0.1) is 0 Å². The Morgan fingerprint density at radius 1 is 0.674 bits per heavy atom. The Morgan fingerprint density at radius 2 is 1.07 bits per heavy atom. The zero-order valence-corrected chi connectivity index (χ0v) is 32.5. The highest BCUT2D eigenvalue weighted by Crippen LogP contribution is 2.55. The molecule has 2 heterocycles. The summed E-state index contributed by atoms with van der Waals surface area (Å²) in [5.41, 5.74) is 4.90. The van der Waals surface area contributed by atoms with E-state index in [2.05, 4.69) is 67.5 Å². The fraction of sp³-hybridized carbons (Fsp3) is 0.842. The second-order valence-corrected chi connectivity index (χ2v) is 18.3.